The summed E-state index contributed by atoms with van der Waals surface area (Å²) in [5.74, 6) is -0.623. The van der Waals surface area contributed by atoms with Gasteiger partial charge in [0.25, 0.3) is 5.91 Å². The van der Waals surface area contributed by atoms with Crippen LogP contribution >= 0.6 is 0 Å². The molecule has 0 saturated carbocycles. The molecule has 3 aromatic rings. The number of fused-ring (bicyclic) bond motifs is 1. The fraction of sp³-hybridized carbons (Fsp3) is 0.222. The van der Waals surface area contributed by atoms with Crippen LogP contribution in [0.2, 0.25) is 0 Å². The number of ether oxygens (including phenoxy) is 1. The number of hydrogen-bond acceptors (Lipinski definition) is 6. The van der Waals surface area contributed by atoms with Gasteiger partial charge in [-0.1, -0.05) is 6.92 Å². The third-order valence-corrected chi connectivity index (χ3v) is 3.95. The number of nitrogen functional groups attached to an aromatic ring is 1. The first-order chi connectivity index (χ1) is 12.6. The van der Waals surface area contributed by atoms with Gasteiger partial charge in [0.1, 0.15) is 12.1 Å². The molecular weight excluding hydrogens is 337 g/mol. The number of halogens is 1. The Hall–Kier alpha value is -3.29. The van der Waals surface area contributed by atoms with E-state index in [-0.39, 0.29) is 28.7 Å². The molecule has 0 fully saturated rings. The lowest BCUT2D eigenvalue weighted by atomic mass is 9.99. The molecule has 0 bridgehead atoms. The number of pyridine rings is 1. The summed E-state index contributed by atoms with van der Waals surface area (Å²) in [6.07, 6.45) is 5.00. The lowest BCUT2D eigenvalue weighted by molar-refractivity contribution is 0.0950. The smallest absolute Gasteiger partial charge is 0.272 e. The zero-order valence-electron chi connectivity index (χ0n) is 14.4. The van der Waals surface area contributed by atoms with E-state index in [1.807, 2.05) is 6.92 Å². The third-order valence-electron chi connectivity index (χ3n) is 3.95. The normalized spacial score (nSPS) is 10.7. The van der Waals surface area contributed by atoms with Crippen molar-refractivity contribution in [1.82, 2.24) is 20.3 Å². The highest BCUT2D eigenvalue weighted by Gasteiger charge is 2.20. The molecule has 0 saturated heterocycles. The van der Waals surface area contributed by atoms with Crippen LogP contribution in [0.1, 0.15) is 23.8 Å². The summed E-state index contributed by atoms with van der Waals surface area (Å²) in [6, 6.07) is 2.81. The quantitative estimate of drug-likeness (QED) is 0.729. The molecule has 26 heavy (non-hydrogen) atoms. The fourth-order valence-corrected chi connectivity index (χ4v) is 2.72. The fourth-order valence-electron chi connectivity index (χ4n) is 2.72. The van der Waals surface area contributed by atoms with Crippen LogP contribution in [-0.4, -0.2) is 34.5 Å². The van der Waals surface area contributed by atoms with Crippen LogP contribution in [0.5, 0.6) is 5.88 Å². The van der Waals surface area contributed by atoms with E-state index in [1.54, 1.807) is 0 Å². The summed E-state index contributed by atoms with van der Waals surface area (Å²) in [4.78, 5) is 24.3. The minimum atomic E-state index is -0.491. The van der Waals surface area contributed by atoms with Crippen molar-refractivity contribution < 1.29 is 13.9 Å². The Morgan fingerprint density at radius 3 is 2.81 bits per heavy atom. The first kappa shape index (κ1) is 17.5. The van der Waals surface area contributed by atoms with E-state index >= 15 is 0 Å². The SMILES string of the molecule is CCCNC(=O)c1ncc2c(-c3cncnc3OC)c(F)ccc2c1N. The lowest BCUT2D eigenvalue weighted by Crippen LogP contribution is -2.26. The molecule has 134 valence electrons. The first-order valence-electron chi connectivity index (χ1n) is 8.07. The van der Waals surface area contributed by atoms with Crippen LogP contribution < -0.4 is 15.8 Å². The lowest BCUT2D eigenvalue weighted by Gasteiger charge is -2.13. The topological polar surface area (TPSA) is 103 Å². The molecule has 0 spiro atoms. The maximum absolute atomic E-state index is 14.6. The maximum Gasteiger partial charge on any atom is 0.272 e. The Kier molecular flexibility index (Phi) is 4.92. The van der Waals surface area contributed by atoms with Gasteiger partial charge in [-0.25, -0.2) is 19.3 Å². The van der Waals surface area contributed by atoms with E-state index in [9.17, 15) is 9.18 Å². The van der Waals surface area contributed by atoms with Gasteiger partial charge in [0.15, 0.2) is 5.69 Å². The van der Waals surface area contributed by atoms with Gasteiger partial charge in [-0.05, 0) is 18.6 Å². The highest BCUT2D eigenvalue weighted by Crippen LogP contribution is 2.37. The number of aromatic nitrogens is 3. The van der Waals surface area contributed by atoms with Crippen LogP contribution in [0.15, 0.2) is 30.9 Å². The molecule has 1 aromatic carbocycles. The zero-order valence-corrected chi connectivity index (χ0v) is 14.4. The van der Waals surface area contributed by atoms with Gasteiger partial charge >= 0.3 is 0 Å². The van der Waals surface area contributed by atoms with Crippen molar-refractivity contribution in [1.29, 1.82) is 0 Å². The molecule has 0 radical (unpaired) electrons. The standard InChI is InChI=1S/C18H18FN5O2/c1-3-6-22-17(25)16-15(20)10-4-5-13(19)14(11(10)8-23-16)12-7-21-9-24-18(12)26-2/h4-5,7-9H,3,6,20H2,1-2H3,(H,22,25). The van der Waals surface area contributed by atoms with Gasteiger partial charge < -0.3 is 15.8 Å². The van der Waals surface area contributed by atoms with Crippen LogP contribution in [0.3, 0.4) is 0 Å². The van der Waals surface area contributed by atoms with Crippen molar-refractivity contribution in [2.24, 2.45) is 0 Å². The van der Waals surface area contributed by atoms with Gasteiger partial charge in [-0.15, -0.1) is 0 Å². The summed E-state index contributed by atoms with van der Waals surface area (Å²) in [5.41, 5.74) is 7.05. The van der Waals surface area contributed by atoms with Crippen LogP contribution in [0, 0.1) is 5.82 Å². The first-order valence-corrected chi connectivity index (χ1v) is 8.07. The van der Waals surface area contributed by atoms with Gasteiger partial charge in [-0.3, -0.25) is 4.79 Å². The monoisotopic (exact) mass is 355 g/mol. The average Bonchev–Trinajstić information content (AvgIpc) is 2.66. The number of carbonyl (C=O) groups is 1. The van der Waals surface area contributed by atoms with Crippen LogP contribution in [0.25, 0.3) is 21.9 Å². The Bertz CT molecular complexity index is 977. The molecule has 3 rings (SSSR count). The number of amides is 1. The van der Waals surface area contributed by atoms with Gasteiger partial charge in [0.05, 0.1) is 18.4 Å². The highest BCUT2D eigenvalue weighted by molar-refractivity contribution is 6.09. The van der Waals surface area contributed by atoms with E-state index in [4.69, 9.17) is 10.5 Å². The largest absolute Gasteiger partial charge is 0.480 e. The van der Waals surface area contributed by atoms with Crippen molar-refractivity contribution in [3.8, 4) is 17.0 Å². The molecule has 0 aliphatic heterocycles. The number of benzene rings is 1. The number of hydrogen-bond donors (Lipinski definition) is 2. The zero-order chi connectivity index (χ0) is 18.7. The predicted octanol–water partition coefficient (Wildman–Crippen LogP) is 2.56. The van der Waals surface area contributed by atoms with E-state index < -0.39 is 5.82 Å². The third kappa shape index (κ3) is 3.01. The summed E-state index contributed by atoms with van der Waals surface area (Å²) < 4.78 is 19.8. The number of nitrogens with one attached hydrogen (secondary N) is 1. The molecule has 0 atom stereocenters. The van der Waals surface area contributed by atoms with Crippen LogP contribution in [0.4, 0.5) is 10.1 Å². The molecular formula is C18H18FN5O2. The molecule has 0 aliphatic rings. The molecule has 0 aliphatic carbocycles. The Labute approximate surface area is 149 Å². The van der Waals surface area contributed by atoms with Crippen LogP contribution in [-0.2, 0) is 0 Å². The summed E-state index contributed by atoms with van der Waals surface area (Å²) in [6.45, 7) is 2.47. The minimum absolute atomic E-state index is 0.111. The maximum atomic E-state index is 14.6. The number of anilines is 1. The summed E-state index contributed by atoms with van der Waals surface area (Å²) in [7, 11) is 1.44. The average molecular weight is 355 g/mol. The van der Waals surface area contributed by atoms with Crippen molar-refractivity contribution in [2.75, 3.05) is 19.4 Å². The second-order valence-electron chi connectivity index (χ2n) is 5.61. The molecule has 7 nitrogen and oxygen atoms in total. The predicted molar refractivity (Wildman–Crippen MR) is 96.3 cm³/mol. The molecule has 3 N–H and O–H groups in total. The number of nitrogens with two attached hydrogens (primary N) is 1. The number of carbonyl (C=O) groups excluding carboxylic acids is 1. The van der Waals surface area contributed by atoms with E-state index in [0.717, 1.165) is 6.42 Å². The van der Waals surface area contributed by atoms with E-state index in [0.29, 0.717) is 22.9 Å². The summed E-state index contributed by atoms with van der Waals surface area (Å²) in [5, 5.41) is 3.70. The molecule has 8 heteroatoms. The highest BCUT2D eigenvalue weighted by atomic mass is 19.1. The van der Waals surface area contributed by atoms with Gasteiger partial charge in [0.2, 0.25) is 5.88 Å². The summed E-state index contributed by atoms with van der Waals surface area (Å²) >= 11 is 0. The van der Waals surface area contributed by atoms with Gasteiger partial charge in [0, 0.05) is 35.3 Å². The Morgan fingerprint density at radius 1 is 1.27 bits per heavy atom. The number of nitrogens with zero attached hydrogens (tertiary/aromatic N) is 3. The molecule has 0 unspecified atom stereocenters. The van der Waals surface area contributed by atoms with E-state index in [1.165, 1.54) is 38.0 Å². The van der Waals surface area contributed by atoms with Crippen molar-refractivity contribution in [2.45, 2.75) is 13.3 Å². The molecule has 1 amide bonds. The van der Waals surface area contributed by atoms with Crippen molar-refractivity contribution >= 4 is 22.4 Å². The second kappa shape index (κ2) is 7.30. The van der Waals surface area contributed by atoms with E-state index in [2.05, 4.69) is 20.3 Å². The molecule has 2 heterocycles. The number of rotatable bonds is 5. The number of methoxy groups -OCH3 is 1. The van der Waals surface area contributed by atoms with Crippen molar-refractivity contribution in [3.63, 3.8) is 0 Å². The Balaban J connectivity index is 2.22. The molecule has 2 aromatic heterocycles. The Morgan fingerprint density at radius 2 is 2.08 bits per heavy atom. The van der Waals surface area contributed by atoms with Gasteiger partial charge in [-0.2, -0.15) is 0 Å². The second-order valence-corrected chi connectivity index (χ2v) is 5.61. The minimum Gasteiger partial charge on any atom is -0.480 e. The van der Waals surface area contributed by atoms with Crippen molar-refractivity contribution in [3.05, 3.63) is 42.4 Å².